The van der Waals surface area contributed by atoms with Gasteiger partial charge in [0.25, 0.3) is 0 Å². The molecule has 0 saturated heterocycles. The van der Waals surface area contributed by atoms with E-state index < -0.39 is 11.9 Å². The molecular weight excluding hydrogens is 334 g/mol. The zero-order valence-corrected chi connectivity index (χ0v) is 13.7. The van der Waals surface area contributed by atoms with Gasteiger partial charge in [-0.05, 0) is 42.5 Å². The molecule has 0 aliphatic rings. The monoisotopic (exact) mass is 347 g/mol. The van der Waals surface area contributed by atoms with Crippen LogP contribution in [0.1, 0.15) is 22.8 Å². The van der Waals surface area contributed by atoms with E-state index in [0.29, 0.717) is 21.9 Å². The number of methoxy groups -OCH3 is 1. The third-order valence-electron chi connectivity index (χ3n) is 2.85. The van der Waals surface area contributed by atoms with E-state index in [1.807, 2.05) is 0 Å². The number of halogens is 1. The van der Waals surface area contributed by atoms with Gasteiger partial charge in [0.15, 0.2) is 11.5 Å². The van der Waals surface area contributed by atoms with Gasteiger partial charge >= 0.3 is 11.9 Å². The highest BCUT2D eigenvalue weighted by Gasteiger charge is 2.12. The van der Waals surface area contributed by atoms with Crippen LogP contribution in [0.4, 0.5) is 0 Å². The maximum Gasteiger partial charge on any atom is 0.343 e. The van der Waals surface area contributed by atoms with Crippen molar-refractivity contribution in [1.29, 1.82) is 0 Å². The number of hydrogen-bond acceptors (Lipinski definition) is 6. The van der Waals surface area contributed by atoms with Crippen molar-refractivity contribution < 1.29 is 23.9 Å². The molecule has 2 aromatic carbocycles. The largest absolute Gasteiger partial charge is 0.493 e. The average Bonchev–Trinajstić information content (AvgIpc) is 2.56. The average molecular weight is 348 g/mol. The van der Waals surface area contributed by atoms with Crippen molar-refractivity contribution in [2.24, 2.45) is 5.16 Å². The maximum absolute atomic E-state index is 12.1. The van der Waals surface area contributed by atoms with Crippen LogP contribution in [-0.4, -0.2) is 25.3 Å². The van der Waals surface area contributed by atoms with E-state index in [4.69, 9.17) is 21.1 Å². The van der Waals surface area contributed by atoms with Crippen LogP contribution in [0, 0.1) is 0 Å². The number of carbonyl (C=O) groups is 2. The molecule has 2 aromatic rings. The molecule has 2 rings (SSSR count). The molecule has 0 saturated carbocycles. The van der Waals surface area contributed by atoms with Crippen molar-refractivity contribution in [3.63, 3.8) is 0 Å². The van der Waals surface area contributed by atoms with E-state index in [0.717, 1.165) is 0 Å². The predicted molar refractivity (Wildman–Crippen MR) is 88.8 cm³/mol. The first-order valence-corrected chi connectivity index (χ1v) is 7.24. The van der Waals surface area contributed by atoms with Crippen molar-refractivity contribution in [3.8, 4) is 11.5 Å². The van der Waals surface area contributed by atoms with E-state index in [-0.39, 0.29) is 5.75 Å². The Hall–Kier alpha value is -2.86. The maximum atomic E-state index is 12.1. The Balaban J connectivity index is 2.15. The van der Waals surface area contributed by atoms with Gasteiger partial charge in [0, 0.05) is 17.5 Å². The molecule has 0 aliphatic carbocycles. The van der Waals surface area contributed by atoms with Crippen molar-refractivity contribution in [3.05, 3.63) is 58.6 Å². The van der Waals surface area contributed by atoms with Gasteiger partial charge < -0.3 is 14.3 Å². The van der Waals surface area contributed by atoms with E-state index in [1.54, 1.807) is 42.5 Å². The summed E-state index contributed by atoms with van der Waals surface area (Å²) in [5.41, 5.74) is 0.973. The number of ether oxygens (including phenoxy) is 2. The molecule has 7 heteroatoms. The third kappa shape index (κ3) is 4.82. The van der Waals surface area contributed by atoms with Crippen LogP contribution in [0.15, 0.2) is 47.6 Å². The van der Waals surface area contributed by atoms with Crippen molar-refractivity contribution in [1.82, 2.24) is 0 Å². The summed E-state index contributed by atoms with van der Waals surface area (Å²) in [5, 5.41) is 4.04. The second-order valence-electron chi connectivity index (χ2n) is 4.62. The van der Waals surface area contributed by atoms with Gasteiger partial charge in [0.2, 0.25) is 0 Å². The molecule has 0 fully saturated rings. The third-order valence-corrected chi connectivity index (χ3v) is 3.11. The van der Waals surface area contributed by atoms with Gasteiger partial charge in [-0.3, -0.25) is 0 Å². The van der Waals surface area contributed by atoms with Crippen LogP contribution in [0.3, 0.4) is 0 Å². The molecule has 6 nitrogen and oxygen atoms in total. The number of hydrogen-bond donors (Lipinski definition) is 0. The summed E-state index contributed by atoms with van der Waals surface area (Å²) in [5.74, 6) is -0.468. The number of nitrogens with zero attached hydrogens (tertiary/aromatic N) is 1. The zero-order valence-electron chi connectivity index (χ0n) is 13.0. The summed E-state index contributed by atoms with van der Waals surface area (Å²) in [4.78, 5) is 27.3. The Morgan fingerprint density at radius 3 is 2.42 bits per heavy atom. The Labute approximate surface area is 143 Å². The van der Waals surface area contributed by atoms with Gasteiger partial charge in [0.05, 0.1) is 18.9 Å². The fraction of sp³-hybridized carbons (Fsp3) is 0.118. The molecule has 0 unspecified atom stereocenters. The molecule has 0 amide bonds. The molecule has 0 spiro atoms. The van der Waals surface area contributed by atoms with Crippen LogP contribution in [-0.2, 0) is 9.63 Å². The molecule has 0 heterocycles. The van der Waals surface area contributed by atoms with Gasteiger partial charge in [-0.15, -0.1) is 0 Å². The van der Waals surface area contributed by atoms with Crippen LogP contribution < -0.4 is 9.47 Å². The molecule has 0 bridgehead atoms. The molecule has 0 atom stereocenters. The first kappa shape index (κ1) is 17.5. The fourth-order valence-electron chi connectivity index (χ4n) is 1.75. The Morgan fingerprint density at radius 1 is 1.08 bits per heavy atom. The summed E-state index contributed by atoms with van der Waals surface area (Å²) < 4.78 is 10.5. The SMILES string of the molecule is COc1cc(C=NOC(C)=O)ccc1OC(=O)c1ccc(Cl)cc1. The second-order valence-corrected chi connectivity index (χ2v) is 5.06. The molecule has 0 aliphatic heterocycles. The van der Waals surface area contributed by atoms with E-state index >= 15 is 0 Å². The lowest BCUT2D eigenvalue weighted by molar-refractivity contribution is -0.140. The van der Waals surface area contributed by atoms with Gasteiger partial charge in [0.1, 0.15) is 0 Å². The lowest BCUT2D eigenvalue weighted by Crippen LogP contribution is -2.09. The lowest BCUT2D eigenvalue weighted by Gasteiger charge is -2.10. The Morgan fingerprint density at radius 2 is 1.79 bits per heavy atom. The zero-order chi connectivity index (χ0) is 17.5. The minimum Gasteiger partial charge on any atom is -0.493 e. The highest BCUT2D eigenvalue weighted by molar-refractivity contribution is 6.30. The minimum absolute atomic E-state index is 0.252. The second kappa shape index (κ2) is 8.12. The number of rotatable bonds is 5. The highest BCUT2D eigenvalue weighted by atomic mass is 35.5. The molecule has 0 N–H and O–H groups in total. The molecule has 24 heavy (non-hydrogen) atoms. The van der Waals surface area contributed by atoms with Gasteiger partial charge in [-0.2, -0.15) is 0 Å². The van der Waals surface area contributed by atoms with Crippen molar-refractivity contribution in [2.45, 2.75) is 6.92 Å². The Kier molecular flexibility index (Phi) is 5.92. The first-order valence-electron chi connectivity index (χ1n) is 6.86. The number of carbonyl (C=O) groups excluding carboxylic acids is 2. The normalized spacial score (nSPS) is 10.5. The van der Waals surface area contributed by atoms with Crippen LogP contribution in [0.2, 0.25) is 5.02 Å². The van der Waals surface area contributed by atoms with Crippen molar-refractivity contribution in [2.75, 3.05) is 7.11 Å². The predicted octanol–water partition coefficient (Wildman–Crippen LogP) is 3.46. The van der Waals surface area contributed by atoms with E-state index in [2.05, 4.69) is 9.99 Å². The standard InChI is InChI=1S/C17H14ClNO5/c1-11(20)24-19-10-12-3-8-15(16(9-12)22-2)23-17(21)13-4-6-14(18)7-5-13/h3-10H,1-2H3. The molecule has 0 radical (unpaired) electrons. The van der Waals surface area contributed by atoms with Crippen LogP contribution in [0.5, 0.6) is 11.5 Å². The summed E-state index contributed by atoms with van der Waals surface area (Å²) >= 11 is 5.79. The summed E-state index contributed by atoms with van der Waals surface area (Å²) in [6, 6.07) is 11.1. The lowest BCUT2D eigenvalue weighted by atomic mass is 10.2. The summed E-state index contributed by atoms with van der Waals surface area (Å²) in [6.07, 6.45) is 1.34. The molecular formula is C17H14ClNO5. The number of benzene rings is 2. The number of esters is 1. The minimum atomic E-state index is -0.536. The van der Waals surface area contributed by atoms with Gasteiger partial charge in [-0.25, -0.2) is 9.59 Å². The first-order chi connectivity index (χ1) is 11.5. The summed E-state index contributed by atoms with van der Waals surface area (Å²) in [7, 11) is 1.45. The van der Waals surface area contributed by atoms with E-state index in [9.17, 15) is 9.59 Å². The number of oxime groups is 1. The van der Waals surface area contributed by atoms with E-state index in [1.165, 1.54) is 20.2 Å². The highest BCUT2D eigenvalue weighted by Crippen LogP contribution is 2.28. The smallest absolute Gasteiger partial charge is 0.343 e. The quantitative estimate of drug-likeness (QED) is 0.272. The topological polar surface area (TPSA) is 74.2 Å². The van der Waals surface area contributed by atoms with Crippen LogP contribution >= 0.6 is 11.6 Å². The Bertz CT molecular complexity index is 771. The molecule has 124 valence electrons. The van der Waals surface area contributed by atoms with Crippen LogP contribution in [0.25, 0.3) is 0 Å². The molecule has 0 aromatic heterocycles. The fourth-order valence-corrected chi connectivity index (χ4v) is 1.88. The summed E-state index contributed by atoms with van der Waals surface area (Å²) in [6.45, 7) is 1.25. The van der Waals surface area contributed by atoms with Gasteiger partial charge in [-0.1, -0.05) is 16.8 Å². The van der Waals surface area contributed by atoms with Crippen molar-refractivity contribution >= 4 is 29.8 Å².